The standard InChI is InChI=1S/C15H22O2/c1-14(2,3)13(16)17-12-9-10-6-7-11(8-10)15(12,4)5/h6-7,9-11H,8H2,1-5H3/t10-,11+/m0/s1. The number of hydrogen-bond acceptors (Lipinski definition) is 2. The van der Waals surface area contributed by atoms with Crippen LogP contribution >= 0.6 is 0 Å². The maximum Gasteiger partial charge on any atom is 0.316 e. The lowest BCUT2D eigenvalue weighted by atomic mass is 9.72. The number of hydrogen-bond donors (Lipinski definition) is 0. The van der Waals surface area contributed by atoms with E-state index in [9.17, 15) is 4.79 Å². The molecule has 0 saturated carbocycles. The monoisotopic (exact) mass is 234 g/mol. The molecule has 2 heteroatoms. The van der Waals surface area contributed by atoms with E-state index in [1.807, 2.05) is 20.8 Å². The summed E-state index contributed by atoms with van der Waals surface area (Å²) in [5, 5.41) is 0. The molecule has 94 valence electrons. The second-order valence-corrected chi connectivity index (χ2v) is 6.78. The second-order valence-electron chi connectivity index (χ2n) is 6.78. The highest BCUT2D eigenvalue weighted by Crippen LogP contribution is 2.48. The van der Waals surface area contributed by atoms with Gasteiger partial charge in [0.05, 0.1) is 5.41 Å². The smallest absolute Gasteiger partial charge is 0.316 e. The van der Waals surface area contributed by atoms with Crippen molar-refractivity contribution < 1.29 is 9.53 Å². The molecule has 2 nitrogen and oxygen atoms in total. The SMILES string of the molecule is CC(C)(C)C(=O)OC1=C[C@H]2C=C[C@H](C2)C1(C)C. The highest BCUT2D eigenvalue weighted by Gasteiger charge is 2.42. The molecule has 0 amide bonds. The van der Waals surface area contributed by atoms with Crippen LogP contribution < -0.4 is 0 Å². The summed E-state index contributed by atoms with van der Waals surface area (Å²) in [5.41, 5.74) is -0.509. The molecule has 0 aromatic heterocycles. The molecule has 0 aromatic rings. The van der Waals surface area contributed by atoms with Crippen LogP contribution in [0.4, 0.5) is 0 Å². The molecule has 0 heterocycles. The highest BCUT2D eigenvalue weighted by atomic mass is 16.5. The van der Waals surface area contributed by atoms with E-state index in [0.717, 1.165) is 12.2 Å². The van der Waals surface area contributed by atoms with Gasteiger partial charge in [-0.2, -0.15) is 0 Å². The van der Waals surface area contributed by atoms with Gasteiger partial charge in [-0.25, -0.2) is 0 Å². The Kier molecular flexibility index (Phi) is 2.72. The van der Waals surface area contributed by atoms with E-state index in [1.165, 1.54) is 0 Å². The molecule has 0 spiro atoms. The fraction of sp³-hybridized carbons (Fsp3) is 0.667. The quantitative estimate of drug-likeness (QED) is 0.511. The first-order chi connectivity index (χ1) is 7.71. The molecule has 0 fully saturated rings. The van der Waals surface area contributed by atoms with Crippen molar-refractivity contribution in [2.24, 2.45) is 22.7 Å². The van der Waals surface area contributed by atoms with Crippen molar-refractivity contribution in [1.82, 2.24) is 0 Å². The average molecular weight is 234 g/mol. The summed E-state index contributed by atoms with van der Waals surface area (Å²) in [6.07, 6.45) is 7.76. The maximum atomic E-state index is 12.0. The van der Waals surface area contributed by atoms with Crippen molar-refractivity contribution in [3.63, 3.8) is 0 Å². The van der Waals surface area contributed by atoms with Gasteiger partial charge in [0.2, 0.25) is 0 Å². The van der Waals surface area contributed by atoms with Gasteiger partial charge in [0, 0.05) is 5.41 Å². The summed E-state index contributed by atoms with van der Waals surface area (Å²) in [6, 6.07) is 0. The number of esters is 1. The third-order valence-corrected chi connectivity index (χ3v) is 3.86. The van der Waals surface area contributed by atoms with Gasteiger partial charge in [-0.15, -0.1) is 0 Å². The minimum Gasteiger partial charge on any atom is -0.430 e. The van der Waals surface area contributed by atoms with Gasteiger partial charge in [0.25, 0.3) is 0 Å². The van der Waals surface area contributed by atoms with E-state index >= 15 is 0 Å². The van der Waals surface area contributed by atoms with E-state index < -0.39 is 5.41 Å². The van der Waals surface area contributed by atoms with E-state index in [0.29, 0.717) is 11.8 Å². The number of allylic oxidation sites excluding steroid dienone is 4. The third-order valence-electron chi connectivity index (χ3n) is 3.86. The maximum absolute atomic E-state index is 12.0. The summed E-state index contributed by atoms with van der Waals surface area (Å²) < 4.78 is 5.63. The zero-order chi connectivity index (χ0) is 12.8. The number of ether oxygens (including phenoxy) is 1. The molecule has 2 aliphatic rings. The van der Waals surface area contributed by atoms with E-state index in [1.54, 1.807) is 0 Å². The van der Waals surface area contributed by atoms with Gasteiger partial charge in [0.15, 0.2) is 0 Å². The molecule has 2 rings (SSSR count). The Morgan fingerprint density at radius 3 is 2.59 bits per heavy atom. The summed E-state index contributed by atoms with van der Waals surface area (Å²) in [4.78, 5) is 12.0. The van der Waals surface area contributed by atoms with Gasteiger partial charge in [0.1, 0.15) is 5.76 Å². The Morgan fingerprint density at radius 1 is 1.35 bits per heavy atom. The van der Waals surface area contributed by atoms with Crippen LogP contribution in [0.5, 0.6) is 0 Å². The summed E-state index contributed by atoms with van der Waals surface area (Å²) in [6.45, 7) is 9.98. The van der Waals surface area contributed by atoms with Crippen LogP contribution in [0.1, 0.15) is 41.0 Å². The zero-order valence-corrected chi connectivity index (χ0v) is 11.4. The molecule has 2 aliphatic carbocycles. The van der Waals surface area contributed by atoms with Crippen LogP contribution in [0.2, 0.25) is 0 Å². The molecule has 0 aromatic carbocycles. The molecular weight excluding hydrogens is 212 g/mol. The fourth-order valence-electron chi connectivity index (χ4n) is 2.40. The molecule has 0 saturated heterocycles. The molecule has 0 unspecified atom stereocenters. The average Bonchev–Trinajstić information content (AvgIpc) is 2.59. The summed E-state index contributed by atoms with van der Waals surface area (Å²) in [5.74, 6) is 1.66. The Balaban J connectivity index is 2.20. The first-order valence-electron chi connectivity index (χ1n) is 6.34. The molecule has 17 heavy (non-hydrogen) atoms. The van der Waals surface area contributed by atoms with Crippen molar-refractivity contribution >= 4 is 5.97 Å². The lowest BCUT2D eigenvalue weighted by molar-refractivity contribution is -0.150. The number of carbonyl (C=O) groups excluding carboxylic acids is 1. The molecule has 0 N–H and O–H groups in total. The largest absolute Gasteiger partial charge is 0.430 e. The third kappa shape index (κ3) is 2.18. The lowest BCUT2D eigenvalue weighted by Gasteiger charge is -2.37. The van der Waals surface area contributed by atoms with E-state index in [4.69, 9.17) is 4.74 Å². The van der Waals surface area contributed by atoms with Crippen molar-refractivity contribution in [3.05, 3.63) is 24.0 Å². The van der Waals surface area contributed by atoms with Crippen LogP contribution in [-0.2, 0) is 9.53 Å². The predicted octanol–water partition coefficient (Wildman–Crippen LogP) is 3.69. The number of carbonyl (C=O) groups is 1. The Morgan fingerprint density at radius 2 is 2.00 bits per heavy atom. The topological polar surface area (TPSA) is 26.3 Å². The van der Waals surface area contributed by atoms with Crippen molar-refractivity contribution in [2.45, 2.75) is 41.0 Å². The van der Waals surface area contributed by atoms with Crippen molar-refractivity contribution in [3.8, 4) is 0 Å². The van der Waals surface area contributed by atoms with Crippen molar-refractivity contribution in [2.75, 3.05) is 0 Å². The van der Waals surface area contributed by atoms with Gasteiger partial charge < -0.3 is 4.74 Å². The highest BCUT2D eigenvalue weighted by molar-refractivity contribution is 5.76. The van der Waals surface area contributed by atoms with E-state index in [-0.39, 0.29) is 11.4 Å². The van der Waals surface area contributed by atoms with Crippen LogP contribution in [0, 0.1) is 22.7 Å². The fourth-order valence-corrected chi connectivity index (χ4v) is 2.40. The summed E-state index contributed by atoms with van der Waals surface area (Å²) >= 11 is 0. The molecular formula is C15H22O2. The Bertz CT molecular complexity index is 394. The molecule has 2 atom stereocenters. The van der Waals surface area contributed by atoms with Gasteiger partial charge in [-0.3, -0.25) is 4.79 Å². The Hall–Kier alpha value is -1.05. The lowest BCUT2D eigenvalue weighted by Crippen LogP contribution is -2.33. The second kappa shape index (κ2) is 3.72. The van der Waals surface area contributed by atoms with E-state index in [2.05, 4.69) is 32.1 Å². The number of rotatable bonds is 1. The first kappa shape index (κ1) is 12.4. The van der Waals surface area contributed by atoms with Crippen LogP contribution in [-0.4, -0.2) is 5.97 Å². The van der Waals surface area contributed by atoms with Crippen molar-refractivity contribution in [1.29, 1.82) is 0 Å². The minimum absolute atomic E-state index is 0.0651. The normalized spacial score (nSPS) is 30.1. The van der Waals surface area contributed by atoms with Gasteiger partial charge >= 0.3 is 5.97 Å². The molecule has 0 aliphatic heterocycles. The first-order valence-corrected chi connectivity index (χ1v) is 6.34. The summed E-state index contributed by atoms with van der Waals surface area (Å²) in [7, 11) is 0. The van der Waals surface area contributed by atoms with Gasteiger partial charge in [-0.1, -0.05) is 26.0 Å². The van der Waals surface area contributed by atoms with Crippen LogP contribution in [0.15, 0.2) is 24.0 Å². The zero-order valence-electron chi connectivity index (χ0n) is 11.4. The van der Waals surface area contributed by atoms with Crippen LogP contribution in [0.25, 0.3) is 0 Å². The predicted molar refractivity (Wildman–Crippen MR) is 68.1 cm³/mol. The number of fused-ring (bicyclic) bond motifs is 2. The minimum atomic E-state index is -0.444. The Labute approximate surface area is 104 Å². The molecule has 2 bridgehead atoms. The van der Waals surface area contributed by atoms with Crippen LogP contribution in [0.3, 0.4) is 0 Å². The molecule has 0 radical (unpaired) electrons. The van der Waals surface area contributed by atoms with Gasteiger partial charge in [-0.05, 0) is 45.1 Å².